The third kappa shape index (κ3) is 0.944. The van der Waals surface area contributed by atoms with Gasteiger partial charge in [-0.05, 0) is 20.0 Å². The van der Waals surface area contributed by atoms with Gasteiger partial charge in [0, 0.05) is 25.7 Å². The lowest BCUT2D eigenvalue weighted by Crippen LogP contribution is -2.51. The number of fused-ring (bicyclic) bond motifs is 2. The van der Waals surface area contributed by atoms with Gasteiger partial charge in [0.05, 0.1) is 0 Å². The molecule has 0 saturated carbocycles. The summed E-state index contributed by atoms with van der Waals surface area (Å²) in [6.45, 7) is 5.03. The number of hydrogen-bond acceptors (Lipinski definition) is 3. The van der Waals surface area contributed by atoms with E-state index in [4.69, 9.17) is 0 Å². The number of nitrogens with one attached hydrogen (secondary N) is 1. The molecule has 0 aromatic rings. The van der Waals surface area contributed by atoms with Gasteiger partial charge in [-0.3, -0.25) is 5.43 Å². The molecule has 0 amide bonds. The van der Waals surface area contributed by atoms with Crippen LogP contribution >= 0.6 is 0 Å². The molecular formula is C7H15N3. The lowest BCUT2D eigenvalue weighted by molar-refractivity contribution is 0.0932. The molecule has 1 N–H and O–H groups in total. The van der Waals surface area contributed by atoms with Crippen LogP contribution in [0.2, 0.25) is 0 Å². The Bertz CT molecular complexity index is 126. The fourth-order valence-corrected chi connectivity index (χ4v) is 2.00. The van der Waals surface area contributed by atoms with Crippen LogP contribution in [-0.4, -0.2) is 49.2 Å². The second-order valence-electron chi connectivity index (χ2n) is 3.16. The van der Waals surface area contributed by atoms with E-state index in [1.54, 1.807) is 0 Å². The minimum Gasteiger partial charge on any atom is -0.300 e. The number of rotatable bonds is 1. The molecule has 2 rings (SSSR count). The van der Waals surface area contributed by atoms with Crippen LogP contribution in [0.5, 0.6) is 0 Å². The zero-order chi connectivity index (χ0) is 6.97. The second-order valence-corrected chi connectivity index (χ2v) is 3.16. The van der Waals surface area contributed by atoms with Crippen molar-refractivity contribution in [3.8, 4) is 0 Å². The lowest BCUT2D eigenvalue weighted by Gasteiger charge is -2.33. The van der Waals surface area contributed by atoms with E-state index in [0.717, 1.165) is 6.04 Å². The number of hydrazine groups is 1. The van der Waals surface area contributed by atoms with Gasteiger partial charge in [-0.15, -0.1) is 0 Å². The van der Waals surface area contributed by atoms with E-state index in [1.807, 2.05) is 7.05 Å². The van der Waals surface area contributed by atoms with Gasteiger partial charge < -0.3 is 4.90 Å². The maximum atomic E-state index is 3.24. The van der Waals surface area contributed by atoms with Crippen molar-refractivity contribution in [1.29, 1.82) is 0 Å². The van der Waals surface area contributed by atoms with Gasteiger partial charge in [0.15, 0.2) is 0 Å². The van der Waals surface area contributed by atoms with Crippen LogP contribution in [-0.2, 0) is 0 Å². The Kier molecular flexibility index (Phi) is 1.64. The summed E-state index contributed by atoms with van der Waals surface area (Å²) < 4.78 is 0. The Morgan fingerprint density at radius 1 is 1.30 bits per heavy atom. The summed E-state index contributed by atoms with van der Waals surface area (Å²) in [5.41, 5.74) is 3.24. The van der Waals surface area contributed by atoms with Crippen molar-refractivity contribution in [3.05, 3.63) is 0 Å². The van der Waals surface area contributed by atoms with Crippen molar-refractivity contribution in [3.63, 3.8) is 0 Å². The molecule has 0 aromatic carbocycles. The summed E-state index contributed by atoms with van der Waals surface area (Å²) >= 11 is 0. The summed E-state index contributed by atoms with van der Waals surface area (Å²) in [6, 6.07) is 0.791. The molecule has 2 fully saturated rings. The fourth-order valence-electron chi connectivity index (χ4n) is 2.00. The van der Waals surface area contributed by atoms with Gasteiger partial charge in [-0.25, -0.2) is 5.01 Å². The van der Waals surface area contributed by atoms with Crippen molar-refractivity contribution < 1.29 is 0 Å². The molecule has 0 radical (unpaired) electrons. The largest absolute Gasteiger partial charge is 0.300 e. The summed E-state index contributed by atoms with van der Waals surface area (Å²) in [4.78, 5) is 2.54. The first kappa shape index (κ1) is 6.58. The number of nitrogens with zero attached hydrogens (tertiary/aromatic N) is 2. The Morgan fingerprint density at radius 2 is 2.20 bits per heavy atom. The monoisotopic (exact) mass is 141 g/mol. The zero-order valence-electron chi connectivity index (χ0n) is 6.51. The minimum atomic E-state index is 0.791. The molecule has 2 atom stereocenters. The van der Waals surface area contributed by atoms with Gasteiger partial charge in [0.2, 0.25) is 0 Å². The molecule has 2 saturated heterocycles. The highest BCUT2D eigenvalue weighted by molar-refractivity contribution is 4.86. The number of hydrogen-bond donors (Lipinski definition) is 1. The highest BCUT2D eigenvalue weighted by atomic mass is 15.5. The molecule has 2 heterocycles. The summed E-state index contributed by atoms with van der Waals surface area (Å²) in [6.07, 6.45) is 1.35. The predicted octanol–water partition coefficient (Wildman–Crippen LogP) is -0.489. The van der Waals surface area contributed by atoms with Crippen LogP contribution < -0.4 is 5.43 Å². The van der Waals surface area contributed by atoms with Crippen molar-refractivity contribution in [1.82, 2.24) is 15.3 Å². The molecule has 3 nitrogen and oxygen atoms in total. The van der Waals surface area contributed by atoms with E-state index in [2.05, 4.69) is 15.3 Å². The lowest BCUT2D eigenvalue weighted by atomic mass is 10.2. The topological polar surface area (TPSA) is 18.5 Å². The Balaban J connectivity index is 2.00. The van der Waals surface area contributed by atoms with Crippen LogP contribution in [0.15, 0.2) is 0 Å². The van der Waals surface area contributed by atoms with Crippen LogP contribution in [0.1, 0.15) is 6.42 Å². The van der Waals surface area contributed by atoms with E-state index < -0.39 is 0 Å². The average molecular weight is 141 g/mol. The van der Waals surface area contributed by atoms with Crippen LogP contribution in [0.3, 0.4) is 0 Å². The summed E-state index contributed by atoms with van der Waals surface area (Å²) in [5, 5.41) is 2.36. The molecule has 58 valence electrons. The first-order valence-electron chi connectivity index (χ1n) is 4.06. The van der Waals surface area contributed by atoms with Crippen molar-refractivity contribution >= 4 is 0 Å². The molecular weight excluding hydrogens is 126 g/mol. The molecule has 0 aromatic heterocycles. The van der Waals surface area contributed by atoms with Gasteiger partial charge >= 0.3 is 0 Å². The van der Waals surface area contributed by atoms with Crippen molar-refractivity contribution in [2.75, 3.05) is 33.2 Å². The predicted molar refractivity (Wildman–Crippen MR) is 40.6 cm³/mol. The van der Waals surface area contributed by atoms with Gasteiger partial charge in [-0.2, -0.15) is 0 Å². The van der Waals surface area contributed by atoms with E-state index in [0.29, 0.717) is 0 Å². The Morgan fingerprint density at radius 3 is 3.00 bits per heavy atom. The third-order valence-corrected chi connectivity index (χ3v) is 2.63. The molecule has 1 unspecified atom stereocenters. The highest BCUT2D eigenvalue weighted by Crippen LogP contribution is 2.17. The maximum Gasteiger partial charge on any atom is 0.0383 e. The van der Waals surface area contributed by atoms with E-state index in [9.17, 15) is 0 Å². The van der Waals surface area contributed by atoms with Gasteiger partial charge in [-0.1, -0.05) is 0 Å². The van der Waals surface area contributed by atoms with Gasteiger partial charge in [0.25, 0.3) is 0 Å². The maximum absolute atomic E-state index is 3.24. The Hall–Kier alpha value is -0.120. The average Bonchev–Trinajstić information content (AvgIpc) is 2.34. The quantitative estimate of drug-likeness (QED) is 0.531. The molecule has 10 heavy (non-hydrogen) atoms. The van der Waals surface area contributed by atoms with Crippen molar-refractivity contribution in [2.24, 2.45) is 0 Å². The molecule has 3 heteroatoms. The van der Waals surface area contributed by atoms with Crippen LogP contribution in [0.25, 0.3) is 0 Å². The van der Waals surface area contributed by atoms with E-state index in [1.165, 1.54) is 32.6 Å². The molecule has 2 aliphatic heterocycles. The molecule has 0 spiro atoms. The smallest absolute Gasteiger partial charge is 0.0383 e. The molecule has 2 aliphatic rings. The summed E-state index contributed by atoms with van der Waals surface area (Å²) in [7, 11) is 2.02. The van der Waals surface area contributed by atoms with E-state index >= 15 is 0 Å². The van der Waals surface area contributed by atoms with E-state index in [-0.39, 0.29) is 0 Å². The standard InChI is InChI=1S/C7H15N3/c1-8-10-5-4-9-3-2-7(10)6-9/h7-8H,2-6H2,1H3/t7-/m0/s1. The summed E-state index contributed by atoms with van der Waals surface area (Å²) in [5.74, 6) is 0. The zero-order valence-corrected chi connectivity index (χ0v) is 6.51. The first-order valence-corrected chi connectivity index (χ1v) is 4.06. The van der Waals surface area contributed by atoms with Crippen LogP contribution in [0.4, 0.5) is 0 Å². The fraction of sp³-hybridized carbons (Fsp3) is 1.00. The number of piperazine rings is 1. The third-order valence-electron chi connectivity index (χ3n) is 2.63. The minimum absolute atomic E-state index is 0.791. The second kappa shape index (κ2) is 2.49. The molecule has 2 bridgehead atoms. The highest BCUT2D eigenvalue weighted by Gasteiger charge is 2.31. The van der Waals surface area contributed by atoms with Crippen molar-refractivity contribution in [2.45, 2.75) is 12.5 Å². The first-order chi connectivity index (χ1) is 4.90. The Labute approximate surface area is 62.0 Å². The molecule has 0 aliphatic carbocycles. The van der Waals surface area contributed by atoms with Gasteiger partial charge in [0.1, 0.15) is 0 Å². The normalized spacial score (nSPS) is 40.5. The SMILES string of the molecule is CNN1CCN2CC[C@H]1C2. The van der Waals surface area contributed by atoms with Crippen LogP contribution in [0, 0.1) is 0 Å².